The lowest BCUT2D eigenvalue weighted by molar-refractivity contribution is -0.0130. The molecule has 3 atom stereocenters. The van der Waals surface area contributed by atoms with Gasteiger partial charge in [-0.3, -0.25) is 4.31 Å². The van der Waals surface area contributed by atoms with Gasteiger partial charge in [0.25, 0.3) is 10.0 Å². The van der Waals surface area contributed by atoms with Gasteiger partial charge in [0, 0.05) is 12.0 Å². The molecule has 26 heavy (non-hydrogen) atoms. The zero-order valence-electron chi connectivity index (χ0n) is 14.9. The molecule has 4 rings (SSSR count). The number of nitrogens with zero attached hydrogens (tertiary/aromatic N) is 1. The molecule has 1 saturated heterocycles. The highest BCUT2D eigenvalue weighted by molar-refractivity contribution is 7.92. The standard InChI is InChI=1S/C20H22FNO3S/c1-14-13-20(11-12-25-14)15(2)22(19-6-4-3-5-18(19)20)26(23,24)17-9-7-16(21)8-10-17/h3-10,14-15H,11-13H2,1-2H3. The van der Waals surface area contributed by atoms with E-state index in [1.807, 2.05) is 38.1 Å². The highest BCUT2D eigenvalue weighted by Gasteiger charge is 2.53. The smallest absolute Gasteiger partial charge is 0.264 e. The van der Waals surface area contributed by atoms with E-state index in [-0.39, 0.29) is 22.5 Å². The van der Waals surface area contributed by atoms with Crippen LogP contribution in [-0.4, -0.2) is 27.2 Å². The van der Waals surface area contributed by atoms with Crippen LogP contribution in [0.2, 0.25) is 0 Å². The average Bonchev–Trinajstić information content (AvgIpc) is 2.84. The minimum atomic E-state index is -3.79. The lowest BCUT2D eigenvalue weighted by Gasteiger charge is -2.42. The molecular weight excluding hydrogens is 353 g/mol. The molecule has 6 heteroatoms. The van der Waals surface area contributed by atoms with Crippen LogP contribution >= 0.6 is 0 Å². The van der Waals surface area contributed by atoms with Crippen LogP contribution in [0.15, 0.2) is 53.4 Å². The van der Waals surface area contributed by atoms with Crippen molar-refractivity contribution in [3.05, 3.63) is 59.9 Å². The first kappa shape index (κ1) is 17.5. The Morgan fingerprint density at radius 1 is 1.12 bits per heavy atom. The SMILES string of the molecule is CC1CC2(CCO1)c1ccccc1N(S(=O)(=O)c1ccc(F)cc1)C2C. The highest BCUT2D eigenvalue weighted by Crippen LogP contribution is 2.53. The van der Waals surface area contributed by atoms with Crippen molar-refractivity contribution >= 4 is 15.7 Å². The largest absolute Gasteiger partial charge is 0.378 e. The maximum absolute atomic E-state index is 13.4. The third kappa shape index (κ3) is 2.47. The lowest BCUT2D eigenvalue weighted by Crippen LogP contribution is -2.49. The molecule has 138 valence electrons. The summed E-state index contributed by atoms with van der Waals surface area (Å²) < 4.78 is 47.3. The molecule has 4 nitrogen and oxygen atoms in total. The molecule has 1 fully saturated rings. The molecule has 2 aromatic carbocycles. The number of sulfonamides is 1. The van der Waals surface area contributed by atoms with Crippen LogP contribution in [0.5, 0.6) is 0 Å². The Bertz CT molecular complexity index is 928. The third-order valence-corrected chi connectivity index (χ3v) is 7.70. The molecule has 0 N–H and O–H groups in total. The molecule has 2 aliphatic rings. The number of hydrogen-bond donors (Lipinski definition) is 0. The number of rotatable bonds is 2. The molecule has 0 aromatic heterocycles. The first-order chi connectivity index (χ1) is 12.4. The number of fused-ring (bicyclic) bond motifs is 2. The predicted octanol–water partition coefficient (Wildman–Crippen LogP) is 3.86. The number of benzene rings is 2. The maximum Gasteiger partial charge on any atom is 0.264 e. The van der Waals surface area contributed by atoms with Crippen molar-refractivity contribution in [3.63, 3.8) is 0 Å². The summed E-state index contributed by atoms with van der Waals surface area (Å²) in [7, 11) is -3.79. The molecular formula is C20H22FNO3S. The van der Waals surface area contributed by atoms with Crippen molar-refractivity contribution in [2.24, 2.45) is 0 Å². The van der Waals surface area contributed by atoms with E-state index in [0.29, 0.717) is 6.61 Å². The van der Waals surface area contributed by atoms with Crippen LogP contribution in [0.1, 0.15) is 32.3 Å². The summed E-state index contributed by atoms with van der Waals surface area (Å²) in [6, 6.07) is 12.5. The van der Waals surface area contributed by atoms with Gasteiger partial charge in [-0.05, 0) is 62.6 Å². The Hall–Kier alpha value is -1.92. The van der Waals surface area contributed by atoms with Crippen molar-refractivity contribution in [1.29, 1.82) is 0 Å². The van der Waals surface area contributed by atoms with Gasteiger partial charge in [0.15, 0.2) is 0 Å². The number of hydrogen-bond acceptors (Lipinski definition) is 3. The molecule has 3 unspecified atom stereocenters. The monoisotopic (exact) mass is 375 g/mol. The summed E-state index contributed by atoms with van der Waals surface area (Å²) in [5.41, 5.74) is 1.52. The summed E-state index contributed by atoms with van der Waals surface area (Å²) in [5, 5.41) is 0. The second-order valence-electron chi connectivity index (χ2n) is 7.24. The molecule has 2 heterocycles. The van der Waals surface area contributed by atoms with E-state index in [1.54, 1.807) is 0 Å². The van der Waals surface area contributed by atoms with E-state index in [1.165, 1.54) is 28.6 Å². The van der Waals surface area contributed by atoms with E-state index in [4.69, 9.17) is 4.74 Å². The van der Waals surface area contributed by atoms with Crippen molar-refractivity contribution in [3.8, 4) is 0 Å². The fourth-order valence-corrected chi connectivity index (χ4v) is 6.29. The minimum Gasteiger partial charge on any atom is -0.378 e. The van der Waals surface area contributed by atoms with Gasteiger partial charge in [-0.15, -0.1) is 0 Å². The van der Waals surface area contributed by atoms with Gasteiger partial charge in [0.05, 0.1) is 22.7 Å². The maximum atomic E-state index is 13.4. The molecule has 0 radical (unpaired) electrons. The Balaban J connectivity index is 1.86. The first-order valence-electron chi connectivity index (χ1n) is 8.87. The predicted molar refractivity (Wildman–Crippen MR) is 98.3 cm³/mol. The Morgan fingerprint density at radius 2 is 1.81 bits per heavy atom. The molecule has 0 amide bonds. The van der Waals surface area contributed by atoms with Crippen molar-refractivity contribution in [2.75, 3.05) is 10.9 Å². The summed E-state index contributed by atoms with van der Waals surface area (Å²) in [6.45, 7) is 4.62. The Morgan fingerprint density at radius 3 is 2.50 bits per heavy atom. The second kappa shape index (κ2) is 6.06. The van der Waals surface area contributed by atoms with Crippen LogP contribution in [0.25, 0.3) is 0 Å². The summed E-state index contributed by atoms with van der Waals surface area (Å²) in [4.78, 5) is 0.109. The zero-order valence-corrected chi connectivity index (χ0v) is 15.7. The van der Waals surface area contributed by atoms with Gasteiger partial charge in [-0.25, -0.2) is 12.8 Å². The van der Waals surface area contributed by atoms with E-state index in [0.717, 1.165) is 24.1 Å². The highest BCUT2D eigenvalue weighted by atomic mass is 32.2. The quantitative estimate of drug-likeness (QED) is 0.801. The van der Waals surface area contributed by atoms with Gasteiger partial charge in [0.1, 0.15) is 5.82 Å². The van der Waals surface area contributed by atoms with E-state index in [2.05, 4.69) is 0 Å². The van der Waals surface area contributed by atoms with E-state index >= 15 is 0 Å². The molecule has 2 aliphatic heterocycles. The second-order valence-corrected chi connectivity index (χ2v) is 9.05. The van der Waals surface area contributed by atoms with Crippen molar-refractivity contribution in [2.45, 2.75) is 49.1 Å². The van der Waals surface area contributed by atoms with Crippen LogP contribution < -0.4 is 4.31 Å². The normalized spacial score (nSPS) is 28.3. The van der Waals surface area contributed by atoms with Gasteiger partial charge in [-0.2, -0.15) is 0 Å². The van der Waals surface area contributed by atoms with Crippen LogP contribution in [0.3, 0.4) is 0 Å². The molecule has 0 aliphatic carbocycles. The van der Waals surface area contributed by atoms with Crippen LogP contribution in [-0.2, 0) is 20.2 Å². The van der Waals surface area contributed by atoms with Gasteiger partial charge in [0.2, 0.25) is 0 Å². The first-order valence-corrected chi connectivity index (χ1v) is 10.3. The molecule has 2 aromatic rings. The molecule has 1 spiro atoms. The average molecular weight is 375 g/mol. The van der Waals surface area contributed by atoms with Gasteiger partial charge in [-0.1, -0.05) is 18.2 Å². The fraction of sp³-hybridized carbons (Fsp3) is 0.400. The number of para-hydroxylation sites is 1. The lowest BCUT2D eigenvalue weighted by atomic mass is 9.70. The van der Waals surface area contributed by atoms with Crippen molar-refractivity contribution < 1.29 is 17.5 Å². The summed E-state index contributed by atoms with van der Waals surface area (Å²) in [6.07, 6.45) is 1.64. The molecule has 0 bridgehead atoms. The fourth-order valence-electron chi connectivity index (χ4n) is 4.54. The number of halogens is 1. The van der Waals surface area contributed by atoms with E-state index < -0.39 is 15.8 Å². The van der Waals surface area contributed by atoms with Gasteiger partial charge >= 0.3 is 0 Å². The Labute approximate surface area is 153 Å². The van der Waals surface area contributed by atoms with E-state index in [9.17, 15) is 12.8 Å². The Kier molecular flexibility index (Phi) is 4.08. The van der Waals surface area contributed by atoms with Crippen molar-refractivity contribution in [1.82, 2.24) is 0 Å². The number of ether oxygens (including phenoxy) is 1. The van der Waals surface area contributed by atoms with Gasteiger partial charge < -0.3 is 4.74 Å². The molecule has 0 saturated carbocycles. The van der Waals surface area contributed by atoms with Crippen LogP contribution in [0, 0.1) is 5.82 Å². The zero-order chi connectivity index (χ0) is 18.5. The van der Waals surface area contributed by atoms with Crippen LogP contribution in [0.4, 0.5) is 10.1 Å². The third-order valence-electron chi connectivity index (χ3n) is 5.80. The minimum absolute atomic E-state index is 0.0766. The summed E-state index contributed by atoms with van der Waals surface area (Å²) in [5.74, 6) is -0.450. The summed E-state index contributed by atoms with van der Waals surface area (Å²) >= 11 is 0. The topological polar surface area (TPSA) is 46.6 Å². The number of anilines is 1.